The molecule has 0 saturated carbocycles. The van der Waals surface area contributed by atoms with Gasteiger partial charge in [-0.05, 0) is 29.8 Å². The highest BCUT2D eigenvalue weighted by atomic mass is 16.6. The van der Waals surface area contributed by atoms with Crippen molar-refractivity contribution in [2.45, 2.75) is 19.6 Å². The molecule has 10 heteroatoms. The highest BCUT2D eigenvalue weighted by molar-refractivity contribution is 5.99. The standard InChI is InChI=1S/C27H23NO9/c1-18(29)36-23-15-9-8-14-21(23)25(31)34-17-22(26(32)37-24(30)20-12-6-3-7-13-20)28-27(33)35-16-19-10-4-2-5-11-19/h2-15,22H,16-17H2,1H3,(H,28,33)/t22-/m0/s1. The molecule has 3 rings (SSSR count). The Morgan fingerprint density at radius 3 is 2.05 bits per heavy atom. The van der Waals surface area contributed by atoms with Gasteiger partial charge in [0.2, 0.25) is 0 Å². The normalized spacial score (nSPS) is 10.9. The first-order valence-corrected chi connectivity index (χ1v) is 11.1. The Labute approximate surface area is 212 Å². The van der Waals surface area contributed by atoms with Gasteiger partial charge >= 0.3 is 30.0 Å². The van der Waals surface area contributed by atoms with Gasteiger partial charge in [-0.15, -0.1) is 0 Å². The highest BCUT2D eigenvalue weighted by Gasteiger charge is 2.28. The number of benzene rings is 3. The molecule has 10 nitrogen and oxygen atoms in total. The van der Waals surface area contributed by atoms with Crippen LogP contribution in [0.1, 0.15) is 33.2 Å². The Morgan fingerprint density at radius 2 is 1.38 bits per heavy atom. The van der Waals surface area contributed by atoms with Gasteiger partial charge in [-0.2, -0.15) is 0 Å². The van der Waals surface area contributed by atoms with Gasteiger partial charge in [0.05, 0.1) is 5.56 Å². The predicted octanol–water partition coefficient (Wildman–Crippen LogP) is 3.45. The zero-order chi connectivity index (χ0) is 26.6. The van der Waals surface area contributed by atoms with Gasteiger partial charge in [0.25, 0.3) is 0 Å². The summed E-state index contributed by atoms with van der Waals surface area (Å²) >= 11 is 0. The Bertz CT molecular complexity index is 1260. The van der Waals surface area contributed by atoms with Crippen molar-refractivity contribution >= 4 is 30.0 Å². The van der Waals surface area contributed by atoms with Crippen LogP contribution >= 0.6 is 0 Å². The van der Waals surface area contributed by atoms with Crippen molar-refractivity contribution in [2.24, 2.45) is 0 Å². The Hall–Kier alpha value is -4.99. The summed E-state index contributed by atoms with van der Waals surface area (Å²) in [7, 11) is 0. The van der Waals surface area contributed by atoms with Crippen molar-refractivity contribution in [1.82, 2.24) is 5.32 Å². The molecule has 0 spiro atoms. The maximum atomic E-state index is 12.7. The van der Waals surface area contributed by atoms with Gasteiger partial charge < -0.3 is 24.3 Å². The second-order valence-corrected chi connectivity index (χ2v) is 7.52. The van der Waals surface area contributed by atoms with Crippen molar-refractivity contribution in [3.63, 3.8) is 0 Å². The summed E-state index contributed by atoms with van der Waals surface area (Å²) in [4.78, 5) is 61.4. The second kappa shape index (κ2) is 13.2. The van der Waals surface area contributed by atoms with Crippen LogP contribution in [-0.4, -0.2) is 42.6 Å². The van der Waals surface area contributed by atoms with Crippen LogP contribution in [0.3, 0.4) is 0 Å². The number of hydrogen-bond donors (Lipinski definition) is 1. The van der Waals surface area contributed by atoms with E-state index in [0.717, 1.165) is 0 Å². The van der Waals surface area contributed by atoms with E-state index in [-0.39, 0.29) is 23.5 Å². The molecule has 0 radical (unpaired) electrons. The number of ether oxygens (including phenoxy) is 4. The first-order chi connectivity index (χ1) is 17.8. The number of para-hydroxylation sites is 1. The molecule has 3 aromatic carbocycles. The minimum absolute atomic E-state index is 0.0476. The molecule has 0 saturated heterocycles. The quantitative estimate of drug-likeness (QED) is 0.201. The first-order valence-electron chi connectivity index (χ1n) is 11.1. The third-order valence-electron chi connectivity index (χ3n) is 4.73. The van der Waals surface area contributed by atoms with Crippen molar-refractivity contribution in [1.29, 1.82) is 0 Å². The van der Waals surface area contributed by atoms with E-state index in [4.69, 9.17) is 18.9 Å². The van der Waals surface area contributed by atoms with E-state index in [2.05, 4.69) is 5.32 Å². The van der Waals surface area contributed by atoms with Gasteiger partial charge in [-0.3, -0.25) is 4.79 Å². The van der Waals surface area contributed by atoms with Crippen LogP contribution < -0.4 is 10.1 Å². The van der Waals surface area contributed by atoms with E-state index < -0.39 is 42.6 Å². The van der Waals surface area contributed by atoms with Crippen molar-refractivity contribution in [3.8, 4) is 5.75 Å². The number of hydrogen-bond acceptors (Lipinski definition) is 9. The SMILES string of the molecule is CC(=O)Oc1ccccc1C(=O)OC[C@H](NC(=O)OCc1ccccc1)C(=O)OC(=O)c1ccccc1. The molecule has 1 atom stereocenters. The fourth-order valence-corrected chi connectivity index (χ4v) is 2.99. The van der Waals surface area contributed by atoms with Crippen LogP contribution in [0.5, 0.6) is 5.75 Å². The molecule has 0 heterocycles. The topological polar surface area (TPSA) is 134 Å². The van der Waals surface area contributed by atoms with Crippen LogP contribution in [0.2, 0.25) is 0 Å². The van der Waals surface area contributed by atoms with E-state index in [1.54, 1.807) is 54.6 Å². The average molecular weight is 505 g/mol. The number of amides is 1. The van der Waals surface area contributed by atoms with E-state index in [1.165, 1.54) is 37.3 Å². The molecule has 1 N–H and O–H groups in total. The van der Waals surface area contributed by atoms with Gasteiger partial charge in [-0.1, -0.05) is 60.7 Å². The summed E-state index contributed by atoms with van der Waals surface area (Å²) in [6.45, 7) is 0.379. The molecule has 1 amide bonds. The highest BCUT2D eigenvalue weighted by Crippen LogP contribution is 2.19. The summed E-state index contributed by atoms with van der Waals surface area (Å²) in [5.41, 5.74) is 0.718. The molecule has 3 aromatic rings. The lowest BCUT2D eigenvalue weighted by molar-refractivity contribution is -0.141. The predicted molar refractivity (Wildman–Crippen MR) is 128 cm³/mol. The summed E-state index contributed by atoms with van der Waals surface area (Å²) in [6.07, 6.45) is -1.01. The molecule has 0 aliphatic heterocycles. The molecular formula is C27H23NO9. The number of esters is 4. The number of alkyl carbamates (subject to hydrolysis) is 1. The van der Waals surface area contributed by atoms with E-state index in [1.807, 2.05) is 0 Å². The third-order valence-corrected chi connectivity index (χ3v) is 4.73. The molecule has 190 valence electrons. The molecule has 0 unspecified atom stereocenters. The minimum atomic E-state index is -1.58. The second-order valence-electron chi connectivity index (χ2n) is 7.52. The van der Waals surface area contributed by atoms with Gasteiger partial charge in [0.1, 0.15) is 24.5 Å². The van der Waals surface area contributed by atoms with Crippen LogP contribution in [0.25, 0.3) is 0 Å². The lowest BCUT2D eigenvalue weighted by atomic mass is 10.2. The molecule has 0 aliphatic rings. The maximum absolute atomic E-state index is 12.7. The van der Waals surface area contributed by atoms with Crippen LogP contribution in [0.4, 0.5) is 4.79 Å². The van der Waals surface area contributed by atoms with Crippen LogP contribution in [0.15, 0.2) is 84.9 Å². The fraction of sp³-hybridized carbons (Fsp3) is 0.148. The third kappa shape index (κ3) is 8.32. The summed E-state index contributed by atoms with van der Waals surface area (Å²) in [6, 6.07) is 20.8. The van der Waals surface area contributed by atoms with E-state index >= 15 is 0 Å². The molecule has 0 fully saturated rings. The van der Waals surface area contributed by atoms with E-state index in [9.17, 15) is 24.0 Å². The van der Waals surface area contributed by atoms with Crippen molar-refractivity contribution < 1.29 is 42.9 Å². The Balaban J connectivity index is 1.69. The Kier molecular flexibility index (Phi) is 9.49. The van der Waals surface area contributed by atoms with Gasteiger partial charge in [0.15, 0.2) is 6.04 Å². The van der Waals surface area contributed by atoms with Crippen LogP contribution in [0, 0.1) is 0 Å². The lowest BCUT2D eigenvalue weighted by Gasteiger charge is -2.17. The van der Waals surface area contributed by atoms with Gasteiger partial charge in [0, 0.05) is 6.92 Å². The fourth-order valence-electron chi connectivity index (χ4n) is 2.99. The molecular weight excluding hydrogens is 482 g/mol. The first kappa shape index (κ1) is 26.6. The molecule has 0 bridgehead atoms. The molecule has 0 aliphatic carbocycles. The smallest absolute Gasteiger partial charge is 0.408 e. The number of nitrogens with one attached hydrogen (secondary N) is 1. The number of carbonyl (C=O) groups excluding carboxylic acids is 5. The zero-order valence-electron chi connectivity index (χ0n) is 19.7. The largest absolute Gasteiger partial charge is 0.459 e. The van der Waals surface area contributed by atoms with Gasteiger partial charge in [-0.25, -0.2) is 19.2 Å². The van der Waals surface area contributed by atoms with Crippen LogP contribution in [-0.2, 0) is 30.4 Å². The Morgan fingerprint density at radius 1 is 0.757 bits per heavy atom. The monoisotopic (exact) mass is 505 g/mol. The summed E-state index contributed by atoms with van der Waals surface area (Å²) in [5.74, 6) is -3.77. The summed E-state index contributed by atoms with van der Waals surface area (Å²) in [5, 5.41) is 2.25. The lowest BCUT2D eigenvalue weighted by Crippen LogP contribution is -2.46. The van der Waals surface area contributed by atoms with E-state index in [0.29, 0.717) is 5.56 Å². The average Bonchev–Trinajstić information content (AvgIpc) is 2.90. The zero-order valence-corrected chi connectivity index (χ0v) is 19.7. The number of carbonyl (C=O) groups is 5. The maximum Gasteiger partial charge on any atom is 0.408 e. The summed E-state index contributed by atoms with van der Waals surface area (Å²) < 4.78 is 20.1. The van der Waals surface area contributed by atoms with Crippen molar-refractivity contribution in [2.75, 3.05) is 6.61 Å². The minimum Gasteiger partial charge on any atom is -0.459 e. The molecule has 37 heavy (non-hydrogen) atoms. The number of rotatable bonds is 9. The van der Waals surface area contributed by atoms with Crippen molar-refractivity contribution in [3.05, 3.63) is 102 Å². The molecule has 0 aromatic heterocycles.